The summed E-state index contributed by atoms with van der Waals surface area (Å²) < 4.78 is 77.6. The second kappa shape index (κ2) is 12.4. The first kappa shape index (κ1) is 28.5. The van der Waals surface area contributed by atoms with Crippen molar-refractivity contribution in [3.8, 4) is 5.75 Å². The number of phenolic OH excluding ortho intramolecular Hbond substituents is 1. The van der Waals surface area contributed by atoms with Gasteiger partial charge >= 0.3 is 27.7 Å². The van der Waals surface area contributed by atoms with Crippen LogP contribution in [-0.4, -0.2) is 42.2 Å². The fourth-order valence-electron chi connectivity index (χ4n) is 3.08. The van der Waals surface area contributed by atoms with Crippen LogP contribution in [0.3, 0.4) is 0 Å². The molecule has 38 heavy (non-hydrogen) atoms. The third-order valence-corrected chi connectivity index (χ3v) is 5.92. The summed E-state index contributed by atoms with van der Waals surface area (Å²) in [5.41, 5.74) is -4.73. The van der Waals surface area contributed by atoms with E-state index in [2.05, 4.69) is 4.28 Å². The molecule has 0 aliphatic carbocycles. The van der Waals surface area contributed by atoms with Gasteiger partial charge in [-0.1, -0.05) is 72.8 Å². The SMILES string of the molecule is O=C(OCc1ccccc1)[C@H](Cc1ccc(O)cc1)N(OS(=O)(=O)C(F)(F)F)C(=O)OCc1ccccc1. The van der Waals surface area contributed by atoms with E-state index in [0.29, 0.717) is 11.1 Å². The van der Waals surface area contributed by atoms with Crippen molar-refractivity contribution >= 4 is 22.2 Å². The minimum absolute atomic E-state index is 0.146. The van der Waals surface area contributed by atoms with Crippen molar-refractivity contribution in [1.82, 2.24) is 5.06 Å². The Morgan fingerprint density at radius 2 is 1.29 bits per heavy atom. The summed E-state index contributed by atoms with van der Waals surface area (Å²) in [4.78, 5) is 26.0. The summed E-state index contributed by atoms with van der Waals surface area (Å²) in [7, 11) is -6.39. The molecular formula is C25H22F3NO8S. The number of nitrogens with zero attached hydrogens (tertiary/aromatic N) is 1. The minimum atomic E-state index is -6.39. The van der Waals surface area contributed by atoms with E-state index < -0.39 is 46.8 Å². The van der Waals surface area contributed by atoms with Gasteiger partial charge in [-0.3, -0.25) is 0 Å². The van der Waals surface area contributed by atoms with Gasteiger partial charge < -0.3 is 14.6 Å². The number of hydroxylamine groups is 2. The van der Waals surface area contributed by atoms with Crippen LogP contribution in [-0.2, 0) is 48.3 Å². The highest BCUT2D eigenvalue weighted by Gasteiger charge is 2.51. The molecule has 0 radical (unpaired) electrons. The van der Waals surface area contributed by atoms with Crippen molar-refractivity contribution in [1.29, 1.82) is 0 Å². The summed E-state index contributed by atoms with van der Waals surface area (Å²) in [6, 6.07) is 19.3. The van der Waals surface area contributed by atoms with Gasteiger partial charge in [0.25, 0.3) is 0 Å². The van der Waals surface area contributed by atoms with Crippen molar-refractivity contribution in [3.63, 3.8) is 0 Å². The lowest BCUT2D eigenvalue weighted by atomic mass is 10.1. The Morgan fingerprint density at radius 1 is 0.789 bits per heavy atom. The van der Waals surface area contributed by atoms with Gasteiger partial charge in [-0.15, -0.1) is 4.28 Å². The molecular weight excluding hydrogens is 531 g/mol. The van der Waals surface area contributed by atoms with E-state index >= 15 is 0 Å². The van der Waals surface area contributed by atoms with Crippen LogP contribution in [0.5, 0.6) is 5.75 Å². The molecule has 0 spiro atoms. The van der Waals surface area contributed by atoms with E-state index in [4.69, 9.17) is 9.47 Å². The molecule has 202 valence electrons. The molecule has 13 heteroatoms. The fourth-order valence-corrected chi connectivity index (χ4v) is 3.54. The lowest BCUT2D eigenvalue weighted by Gasteiger charge is -2.28. The Bertz CT molecular complexity index is 1320. The highest BCUT2D eigenvalue weighted by Crippen LogP contribution is 2.28. The van der Waals surface area contributed by atoms with Crippen LogP contribution >= 0.6 is 0 Å². The molecule has 9 nitrogen and oxygen atoms in total. The predicted molar refractivity (Wildman–Crippen MR) is 126 cm³/mol. The quantitative estimate of drug-likeness (QED) is 0.222. The molecule has 0 bridgehead atoms. The minimum Gasteiger partial charge on any atom is -0.508 e. The Balaban J connectivity index is 1.94. The van der Waals surface area contributed by atoms with Crippen LogP contribution in [0.15, 0.2) is 84.9 Å². The lowest BCUT2D eigenvalue weighted by Crippen LogP contribution is -2.49. The number of halogens is 3. The first-order valence-corrected chi connectivity index (χ1v) is 12.4. The molecule has 1 N–H and O–H groups in total. The van der Waals surface area contributed by atoms with E-state index in [0.717, 1.165) is 0 Å². The van der Waals surface area contributed by atoms with Gasteiger partial charge in [-0.2, -0.15) is 26.7 Å². The molecule has 0 unspecified atom stereocenters. The number of hydrogen-bond donors (Lipinski definition) is 1. The zero-order valence-corrected chi connectivity index (χ0v) is 20.4. The van der Waals surface area contributed by atoms with Gasteiger partial charge in [0.1, 0.15) is 19.0 Å². The van der Waals surface area contributed by atoms with Gasteiger partial charge in [-0.05, 0) is 28.8 Å². The highest BCUT2D eigenvalue weighted by molar-refractivity contribution is 7.87. The van der Waals surface area contributed by atoms with Crippen LogP contribution in [0.1, 0.15) is 16.7 Å². The van der Waals surface area contributed by atoms with E-state index in [1.807, 2.05) is 0 Å². The monoisotopic (exact) mass is 553 g/mol. The van der Waals surface area contributed by atoms with Crippen molar-refractivity contribution < 1.29 is 50.0 Å². The molecule has 3 aromatic carbocycles. The third kappa shape index (κ3) is 7.95. The number of carbonyl (C=O) groups is 2. The number of carbonyl (C=O) groups excluding carboxylic acids is 2. The van der Waals surface area contributed by atoms with Gasteiger partial charge in [0.15, 0.2) is 6.04 Å². The van der Waals surface area contributed by atoms with Gasteiger partial charge in [0.2, 0.25) is 0 Å². The molecule has 3 rings (SSSR count). The Labute approximate surface area is 216 Å². The van der Waals surface area contributed by atoms with Crippen molar-refractivity contribution in [3.05, 3.63) is 102 Å². The number of aromatic hydroxyl groups is 1. The van der Waals surface area contributed by atoms with Gasteiger partial charge in [0, 0.05) is 6.42 Å². The average molecular weight is 554 g/mol. The second-order valence-electron chi connectivity index (χ2n) is 7.82. The first-order valence-electron chi connectivity index (χ1n) is 11.0. The van der Waals surface area contributed by atoms with Crippen LogP contribution in [0.25, 0.3) is 0 Å². The standard InChI is InChI=1S/C25H22F3NO8S/c26-25(27,28)38(33,34)37-29(24(32)36-17-20-9-5-2-6-10-20)22(15-18-11-13-21(30)14-12-18)23(31)35-16-19-7-3-1-4-8-19/h1-14,22,30H,15-17H2/t22-/m0/s1. The molecule has 1 atom stereocenters. The second-order valence-corrected chi connectivity index (χ2v) is 9.34. The molecule has 3 aromatic rings. The Hall–Kier alpha value is -4.10. The van der Waals surface area contributed by atoms with Crippen molar-refractivity contribution in [2.45, 2.75) is 31.2 Å². The van der Waals surface area contributed by atoms with Crippen LogP contribution in [0.2, 0.25) is 0 Å². The normalized spacial score (nSPS) is 12.4. The van der Waals surface area contributed by atoms with Gasteiger partial charge in [0.05, 0.1) is 0 Å². The first-order chi connectivity index (χ1) is 18.0. The largest absolute Gasteiger partial charge is 0.525 e. The van der Waals surface area contributed by atoms with Crippen LogP contribution in [0.4, 0.5) is 18.0 Å². The average Bonchev–Trinajstić information content (AvgIpc) is 2.89. The van der Waals surface area contributed by atoms with Crippen molar-refractivity contribution in [2.75, 3.05) is 0 Å². The van der Waals surface area contributed by atoms with Crippen molar-refractivity contribution in [2.24, 2.45) is 0 Å². The number of ether oxygens (including phenoxy) is 2. The number of hydrogen-bond acceptors (Lipinski definition) is 8. The summed E-state index contributed by atoms with van der Waals surface area (Å²) in [5.74, 6) is -1.41. The number of alkyl halides is 3. The molecule has 0 heterocycles. The maximum absolute atomic E-state index is 13.2. The molecule has 0 saturated carbocycles. The topological polar surface area (TPSA) is 119 Å². The van der Waals surface area contributed by atoms with Gasteiger partial charge in [-0.25, -0.2) is 9.59 Å². The molecule has 1 amide bonds. The van der Waals surface area contributed by atoms with Crippen LogP contribution in [0, 0.1) is 0 Å². The zero-order chi connectivity index (χ0) is 27.8. The summed E-state index contributed by atoms with van der Waals surface area (Å²) in [6.45, 7) is -0.790. The highest BCUT2D eigenvalue weighted by atomic mass is 32.2. The smallest absolute Gasteiger partial charge is 0.508 e. The molecule has 0 aromatic heterocycles. The summed E-state index contributed by atoms with van der Waals surface area (Å²) >= 11 is 0. The van der Waals surface area contributed by atoms with E-state index in [1.54, 1.807) is 60.7 Å². The number of esters is 1. The number of benzene rings is 3. The molecule has 0 fully saturated rings. The third-order valence-electron chi connectivity index (χ3n) is 4.99. The van der Waals surface area contributed by atoms with Crippen LogP contribution < -0.4 is 0 Å². The summed E-state index contributed by atoms with van der Waals surface area (Å²) in [6.07, 6.45) is -2.22. The number of amides is 1. The number of rotatable bonds is 10. The summed E-state index contributed by atoms with van der Waals surface area (Å²) in [5, 5.41) is 9.22. The van der Waals surface area contributed by atoms with E-state index in [1.165, 1.54) is 24.3 Å². The molecule has 0 aliphatic rings. The number of phenols is 1. The lowest BCUT2D eigenvalue weighted by molar-refractivity contribution is -0.165. The maximum Gasteiger partial charge on any atom is 0.525 e. The Morgan fingerprint density at radius 3 is 1.79 bits per heavy atom. The van der Waals surface area contributed by atoms with E-state index in [9.17, 15) is 36.3 Å². The van der Waals surface area contributed by atoms with E-state index in [-0.39, 0.29) is 23.0 Å². The zero-order valence-electron chi connectivity index (χ0n) is 19.6. The Kier molecular flexibility index (Phi) is 9.31. The molecule has 0 saturated heterocycles. The maximum atomic E-state index is 13.2. The predicted octanol–water partition coefficient (Wildman–Crippen LogP) is 4.47. The fraction of sp³-hybridized carbons (Fsp3) is 0.200. The molecule has 0 aliphatic heterocycles.